The van der Waals surface area contributed by atoms with E-state index in [1.165, 1.54) is 0 Å². The van der Waals surface area contributed by atoms with Gasteiger partial charge in [-0.1, -0.05) is 33.6 Å². The highest BCUT2D eigenvalue weighted by molar-refractivity contribution is 9.10. The van der Waals surface area contributed by atoms with Crippen LogP contribution in [0.2, 0.25) is 0 Å². The third kappa shape index (κ3) is 3.54. The quantitative estimate of drug-likeness (QED) is 0.649. The number of nitrogens with zero attached hydrogens (tertiary/aromatic N) is 2. The summed E-state index contributed by atoms with van der Waals surface area (Å²) in [4.78, 5) is 0.207. The summed E-state index contributed by atoms with van der Waals surface area (Å²) in [6.07, 6.45) is 0. The van der Waals surface area contributed by atoms with Crippen LogP contribution in [0.15, 0.2) is 51.8 Å². The molecular formula is C19H20BrN3O2S. The Labute approximate surface area is 162 Å². The summed E-state index contributed by atoms with van der Waals surface area (Å²) in [5.41, 5.74) is 4.48. The first-order chi connectivity index (χ1) is 12.2. The van der Waals surface area contributed by atoms with Gasteiger partial charge in [-0.15, -0.1) is 0 Å². The van der Waals surface area contributed by atoms with Crippen molar-refractivity contribution in [2.75, 3.05) is 4.72 Å². The van der Waals surface area contributed by atoms with E-state index in [4.69, 9.17) is 0 Å². The van der Waals surface area contributed by atoms with Gasteiger partial charge in [-0.3, -0.25) is 4.72 Å². The van der Waals surface area contributed by atoms with Gasteiger partial charge in [0.05, 0.1) is 17.1 Å². The lowest BCUT2D eigenvalue weighted by atomic mass is 10.2. The van der Waals surface area contributed by atoms with Gasteiger partial charge in [0.1, 0.15) is 4.90 Å². The van der Waals surface area contributed by atoms with Gasteiger partial charge in [-0.25, -0.2) is 13.1 Å². The maximum absolute atomic E-state index is 13.0. The number of aromatic nitrogens is 2. The predicted molar refractivity (Wildman–Crippen MR) is 107 cm³/mol. The van der Waals surface area contributed by atoms with E-state index in [0.29, 0.717) is 17.1 Å². The summed E-state index contributed by atoms with van der Waals surface area (Å²) in [5.74, 6) is 0. The average Bonchev–Trinajstić information content (AvgIpc) is 2.87. The fraction of sp³-hybridized carbons (Fsp3) is 0.211. The summed E-state index contributed by atoms with van der Waals surface area (Å²) in [6.45, 7) is 7.39. The first-order valence-electron chi connectivity index (χ1n) is 8.11. The second-order valence-corrected chi connectivity index (χ2v) is 8.79. The maximum atomic E-state index is 13.0. The monoisotopic (exact) mass is 433 g/mol. The van der Waals surface area contributed by atoms with Gasteiger partial charge in [0.2, 0.25) is 0 Å². The lowest BCUT2D eigenvalue weighted by molar-refractivity contribution is 0.600. The molecule has 5 nitrogen and oxygen atoms in total. The molecule has 0 fully saturated rings. The molecule has 3 aromatic rings. The van der Waals surface area contributed by atoms with E-state index in [2.05, 4.69) is 25.8 Å². The van der Waals surface area contributed by atoms with Crippen LogP contribution in [0.3, 0.4) is 0 Å². The number of sulfonamides is 1. The van der Waals surface area contributed by atoms with Crippen LogP contribution in [0.4, 0.5) is 5.69 Å². The molecule has 0 aliphatic carbocycles. The molecule has 136 valence electrons. The van der Waals surface area contributed by atoms with E-state index < -0.39 is 10.0 Å². The van der Waals surface area contributed by atoms with E-state index in [9.17, 15) is 8.42 Å². The molecule has 0 spiro atoms. The lowest BCUT2D eigenvalue weighted by Crippen LogP contribution is -2.15. The second-order valence-electron chi connectivity index (χ2n) is 6.32. The average molecular weight is 434 g/mol. The van der Waals surface area contributed by atoms with Crippen molar-refractivity contribution < 1.29 is 8.42 Å². The molecule has 26 heavy (non-hydrogen) atoms. The lowest BCUT2D eigenvalue weighted by Gasteiger charge is -2.10. The van der Waals surface area contributed by atoms with Crippen molar-refractivity contribution >= 4 is 31.6 Å². The van der Waals surface area contributed by atoms with Gasteiger partial charge in [-0.2, -0.15) is 5.10 Å². The number of hydrogen-bond donors (Lipinski definition) is 1. The van der Waals surface area contributed by atoms with Crippen LogP contribution in [0.5, 0.6) is 0 Å². The zero-order valence-electron chi connectivity index (χ0n) is 15.0. The maximum Gasteiger partial charge on any atom is 0.265 e. The molecule has 1 N–H and O–H groups in total. The summed E-state index contributed by atoms with van der Waals surface area (Å²) >= 11 is 3.42. The van der Waals surface area contributed by atoms with Crippen molar-refractivity contribution in [2.45, 2.75) is 32.6 Å². The van der Waals surface area contributed by atoms with Crippen LogP contribution in [-0.2, 0) is 10.0 Å². The van der Waals surface area contributed by atoms with Crippen molar-refractivity contribution in [3.05, 3.63) is 69.5 Å². The highest BCUT2D eigenvalue weighted by Crippen LogP contribution is 2.26. The summed E-state index contributed by atoms with van der Waals surface area (Å²) in [6, 6.07) is 13.1. The molecule has 0 saturated heterocycles. The number of nitrogens with one attached hydrogen (secondary N) is 1. The van der Waals surface area contributed by atoms with Crippen LogP contribution < -0.4 is 4.72 Å². The first kappa shape index (κ1) is 18.7. The van der Waals surface area contributed by atoms with Crippen molar-refractivity contribution in [1.82, 2.24) is 9.78 Å². The number of anilines is 1. The summed E-state index contributed by atoms with van der Waals surface area (Å²) in [7, 11) is -3.75. The third-order valence-corrected chi connectivity index (χ3v) is 6.70. The van der Waals surface area contributed by atoms with Gasteiger partial charge >= 0.3 is 0 Å². The van der Waals surface area contributed by atoms with Crippen LogP contribution in [0.25, 0.3) is 5.69 Å². The Hall–Kier alpha value is -2.12. The van der Waals surface area contributed by atoms with Gasteiger partial charge in [0.15, 0.2) is 0 Å². The number of aryl methyl sites for hydroxylation is 3. The predicted octanol–water partition coefficient (Wildman–Crippen LogP) is 4.67. The van der Waals surface area contributed by atoms with E-state index in [1.807, 2.05) is 44.2 Å². The molecule has 0 radical (unpaired) electrons. The third-order valence-electron chi connectivity index (χ3n) is 4.18. The number of benzene rings is 2. The standard InChI is InChI=1S/C19H20BrN3O2S/c1-12-5-8-17(9-6-12)23-15(4)19(14(3)21-23)26(24,25)22-16-7-10-18(20)13(2)11-16/h5-11,22H,1-4H3. The van der Waals surface area contributed by atoms with E-state index >= 15 is 0 Å². The Morgan fingerprint density at radius 1 is 1.00 bits per heavy atom. The Morgan fingerprint density at radius 3 is 2.27 bits per heavy atom. The zero-order valence-corrected chi connectivity index (χ0v) is 17.4. The molecule has 1 heterocycles. The van der Waals surface area contributed by atoms with Crippen molar-refractivity contribution in [1.29, 1.82) is 0 Å². The Balaban J connectivity index is 2.02. The molecule has 0 bridgehead atoms. The van der Waals surface area contributed by atoms with Crippen molar-refractivity contribution in [3.63, 3.8) is 0 Å². The zero-order chi connectivity index (χ0) is 19.1. The van der Waals surface area contributed by atoms with Crippen LogP contribution in [-0.4, -0.2) is 18.2 Å². The first-order valence-corrected chi connectivity index (χ1v) is 10.4. The van der Waals surface area contributed by atoms with Gasteiger partial charge < -0.3 is 0 Å². The number of rotatable bonds is 4. The van der Waals surface area contributed by atoms with Crippen LogP contribution >= 0.6 is 15.9 Å². The molecule has 0 amide bonds. The summed E-state index contributed by atoms with van der Waals surface area (Å²) in [5, 5.41) is 4.44. The Kier molecular flexibility index (Phi) is 4.94. The summed E-state index contributed by atoms with van der Waals surface area (Å²) < 4.78 is 31.2. The fourth-order valence-corrected chi connectivity index (χ4v) is 4.56. The van der Waals surface area contributed by atoms with Crippen LogP contribution in [0.1, 0.15) is 22.5 Å². The molecule has 3 rings (SSSR count). The topological polar surface area (TPSA) is 64.0 Å². The Bertz CT molecular complexity index is 1070. The molecule has 0 aliphatic heterocycles. The number of halogens is 1. The molecule has 0 atom stereocenters. The molecule has 0 aliphatic rings. The van der Waals surface area contributed by atoms with Gasteiger partial charge in [-0.05, 0) is 63.6 Å². The molecule has 0 saturated carbocycles. The molecule has 7 heteroatoms. The minimum atomic E-state index is -3.75. The van der Waals surface area contributed by atoms with Crippen molar-refractivity contribution in [2.24, 2.45) is 0 Å². The van der Waals surface area contributed by atoms with E-state index in [-0.39, 0.29) is 4.90 Å². The van der Waals surface area contributed by atoms with Crippen LogP contribution in [0, 0.1) is 27.7 Å². The number of hydrogen-bond acceptors (Lipinski definition) is 3. The highest BCUT2D eigenvalue weighted by atomic mass is 79.9. The van der Waals surface area contributed by atoms with Gasteiger partial charge in [0.25, 0.3) is 10.0 Å². The van der Waals surface area contributed by atoms with Gasteiger partial charge in [0, 0.05) is 10.2 Å². The Morgan fingerprint density at radius 2 is 1.65 bits per heavy atom. The normalized spacial score (nSPS) is 11.6. The second kappa shape index (κ2) is 6.89. The minimum Gasteiger partial charge on any atom is -0.280 e. The molecule has 1 aromatic heterocycles. The van der Waals surface area contributed by atoms with Crippen molar-refractivity contribution in [3.8, 4) is 5.69 Å². The molecule has 0 unspecified atom stereocenters. The SMILES string of the molecule is Cc1ccc(-n2nc(C)c(S(=O)(=O)Nc3ccc(Br)c(C)c3)c2C)cc1. The highest BCUT2D eigenvalue weighted by Gasteiger charge is 2.25. The van der Waals surface area contributed by atoms with E-state index in [1.54, 1.807) is 30.7 Å². The smallest absolute Gasteiger partial charge is 0.265 e. The van der Waals surface area contributed by atoms with E-state index in [0.717, 1.165) is 21.3 Å². The fourth-order valence-electron chi connectivity index (χ4n) is 2.87. The largest absolute Gasteiger partial charge is 0.280 e. The molecule has 2 aromatic carbocycles. The minimum absolute atomic E-state index is 0.207. The molecular weight excluding hydrogens is 414 g/mol.